The van der Waals surface area contributed by atoms with Crippen LogP contribution in [0.5, 0.6) is 0 Å². The van der Waals surface area contributed by atoms with Crippen LogP contribution in [-0.2, 0) is 4.79 Å². The first-order valence-corrected chi connectivity index (χ1v) is 9.99. The van der Waals surface area contributed by atoms with E-state index in [0.717, 1.165) is 27.4 Å². The monoisotopic (exact) mass is 438 g/mol. The number of aromatic nitrogens is 2. The molecule has 156 valence electrons. The molecule has 9 heteroatoms. The number of amidine groups is 1. The zero-order chi connectivity index (χ0) is 22.0. The van der Waals surface area contributed by atoms with Gasteiger partial charge in [0.05, 0.1) is 0 Å². The fourth-order valence-electron chi connectivity index (χ4n) is 4.04. The lowest BCUT2D eigenvalue weighted by molar-refractivity contribution is -0.676. The number of carbonyl (C=O) groups excluding carboxylic acids is 2. The summed E-state index contributed by atoms with van der Waals surface area (Å²) in [6.07, 6.45) is 1.81. The molecule has 0 N–H and O–H groups in total. The number of imide groups is 1. The van der Waals surface area contributed by atoms with Gasteiger partial charge in [0.15, 0.2) is 0 Å². The fraction of sp³-hybridized carbons (Fsp3) is 0.182. The molecule has 0 spiro atoms. The Kier molecular flexibility index (Phi) is 4.23. The maximum atomic E-state index is 13.6. The number of urea groups is 1. The Labute approximate surface area is 182 Å². The predicted molar refractivity (Wildman–Crippen MR) is 113 cm³/mol. The van der Waals surface area contributed by atoms with E-state index in [9.17, 15) is 14.0 Å². The standard InChI is InChI=1S/C22H18ClFN5O2/c1-12-15(23)5-4-6-16(12)29-17(13-7-9-14(24)10-8-13)11-28-18-19(25-21(28)29)26(2)22(31)27(3)20(18)30/h4-11,18H,1-3H3/q+1. The van der Waals surface area contributed by atoms with Crippen molar-refractivity contribution in [2.75, 3.05) is 14.1 Å². The highest BCUT2D eigenvalue weighted by Crippen LogP contribution is 2.36. The van der Waals surface area contributed by atoms with Gasteiger partial charge in [-0.2, -0.15) is 4.57 Å². The Bertz CT molecular complexity index is 1300. The van der Waals surface area contributed by atoms with Gasteiger partial charge in [-0.25, -0.2) is 13.8 Å². The van der Waals surface area contributed by atoms with Gasteiger partial charge in [-0.05, 0) is 43.3 Å². The summed E-state index contributed by atoms with van der Waals surface area (Å²) in [7, 11) is 3.05. The minimum absolute atomic E-state index is 0.342. The number of hydrogen-bond donors (Lipinski definition) is 0. The SMILES string of the molecule is Cc1c(Cl)cccc1-n1c(-c2ccc(F)cc2)c[n+]2c1N=C1C2C(=O)N(C)C(=O)N1C. The first kappa shape index (κ1) is 19.4. The van der Waals surface area contributed by atoms with Crippen LogP contribution < -0.4 is 4.57 Å². The van der Waals surface area contributed by atoms with E-state index < -0.39 is 12.1 Å². The van der Waals surface area contributed by atoms with E-state index in [1.165, 1.54) is 24.1 Å². The minimum Gasteiger partial charge on any atom is -0.270 e. The van der Waals surface area contributed by atoms with E-state index in [1.807, 2.05) is 23.6 Å². The average Bonchev–Trinajstić information content (AvgIpc) is 3.30. The average molecular weight is 439 g/mol. The molecular weight excluding hydrogens is 421 g/mol. The van der Waals surface area contributed by atoms with Crippen molar-refractivity contribution >= 4 is 35.3 Å². The van der Waals surface area contributed by atoms with Crippen molar-refractivity contribution in [2.45, 2.75) is 13.0 Å². The van der Waals surface area contributed by atoms with Crippen molar-refractivity contribution in [3.8, 4) is 16.9 Å². The topological polar surface area (TPSA) is 61.8 Å². The molecule has 3 amide bonds. The number of benzene rings is 2. The van der Waals surface area contributed by atoms with Gasteiger partial charge in [0.25, 0.3) is 5.91 Å². The van der Waals surface area contributed by atoms with Crippen molar-refractivity contribution in [3.05, 3.63) is 65.1 Å². The van der Waals surface area contributed by atoms with Crippen molar-refractivity contribution in [1.82, 2.24) is 14.4 Å². The van der Waals surface area contributed by atoms with Crippen LogP contribution in [0.2, 0.25) is 5.02 Å². The Balaban J connectivity index is 1.81. The van der Waals surface area contributed by atoms with Gasteiger partial charge in [-0.15, -0.1) is 0 Å². The van der Waals surface area contributed by atoms with Crippen LogP contribution >= 0.6 is 11.6 Å². The number of hydrogen-bond acceptors (Lipinski definition) is 3. The number of aliphatic imine (C=N–C) groups is 1. The van der Waals surface area contributed by atoms with Gasteiger partial charge >= 0.3 is 12.0 Å². The second-order valence-corrected chi connectivity index (χ2v) is 7.97. The number of halogens is 2. The highest BCUT2D eigenvalue weighted by molar-refractivity contribution is 6.31. The molecule has 5 rings (SSSR count). The molecular formula is C22H18ClFN5O2+. The first-order chi connectivity index (χ1) is 14.8. The number of fused-ring (bicyclic) bond motifs is 3. The molecule has 3 heterocycles. The Hall–Kier alpha value is -3.52. The van der Waals surface area contributed by atoms with E-state index in [1.54, 1.807) is 36.0 Å². The van der Waals surface area contributed by atoms with Gasteiger partial charge in [-0.1, -0.05) is 22.7 Å². The Morgan fingerprint density at radius 3 is 2.48 bits per heavy atom. The van der Waals surface area contributed by atoms with E-state index >= 15 is 0 Å². The lowest BCUT2D eigenvalue weighted by Gasteiger charge is -2.30. The van der Waals surface area contributed by atoms with Crippen LogP contribution in [0, 0.1) is 12.7 Å². The molecule has 1 unspecified atom stereocenters. The first-order valence-electron chi connectivity index (χ1n) is 9.61. The molecule has 2 aliphatic rings. The number of nitrogens with zero attached hydrogens (tertiary/aromatic N) is 5. The molecule has 31 heavy (non-hydrogen) atoms. The summed E-state index contributed by atoms with van der Waals surface area (Å²) in [6, 6.07) is 10.4. The zero-order valence-corrected chi connectivity index (χ0v) is 17.8. The molecule has 1 fully saturated rings. The minimum atomic E-state index is -0.761. The van der Waals surface area contributed by atoms with E-state index in [4.69, 9.17) is 11.6 Å². The third-order valence-electron chi connectivity index (χ3n) is 5.77. The van der Waals surface area contributed by atoms with Crippen LogP contribution in [0.1, 0.15) is 11.6 Å². The fourth-order valence-corrected chi connectivity index (χ4v) is 4.21. The lowest BCUT2D eigenvalue weighted by atomic mass is 10.1. The highest BCUT2D eigenvalue weighted by atomic mass is 35.5. The number of carbonyl (C=O) groups is 2. The number of amides is 3. The van der Waals surface area contributed by atoms with Crippen LogP contribution in [0.4, 0.5) is 15.1 Å². The summed E-state index contributed by atoms with van der Waals surface area (Å²) in [4.78, 5) is 32.5. The van der Waals surface area contributed by atoms with Crippen molar-refractivity contribution in [3.63, 3.8) is 0 Å². The summed E-state index contributed by atoms with van der Waals surface area (Å²) in [5.41, 5.74) is 3.08. The summed E-state index contributed by atoms with van der Waals surface area (Å²) in [5.74, 6) is 0.136. The summed E-state index contributed by atoms with van der Waals surface area (Å²) in [6.45, 7) is 1.90. The smallest absolute Gasteiger partial charge is 0.270 e. The van der Waals surface area contributed by atoms with E-state index in [-0.39, 0.29) is 11.7 Å². The summed E-state index contributed by atoms with van der Waals surface area (Å²) >= 11 is 6.39. The third-order valence-corrected chi connectivity index (χ3v) is 6.18. The Morgan fingerprint density at radius 2 is 1.77 bits per heavy atom. The Morgan fingerprint density at radius 1 is 1.06 bits per heavy atom. The van der Waals surface area contributed by atoms with E-state index in [2.05, 4.69) is 4.99 Å². The molecule has 1 saturated heterocycles. The maximum Gasteiger partial charge on any atom is 0.407 e. The van der Waals surface area contributed by atoms with Crippen molar-refractivity contribution in [1.29, 1.82) is 0 Å². The van der Waals surface area contributed by atoms with Crippen LogP contribution in [-0.4, -0.2) is 46.2 Å². The number of imidazole rings is 1. The number of rotatable bonds is 2. The lowest BCUT2D eigenvalue weighted by Crippen LogP contribution is -2.61. The predicted octanol–water partition coefficient (Wildman–Crippen LogP) is 3.64. The highest BCUT2D eigenvalue weighted by Gasteiger charge is 2.52. The molecule has 3 aromatic rings. The second-order valence-electron chi connectivity index (χ2n) is 7.56. The van der Waals surface area contributed by atoms with Crippen LogP contribution in [0.25, 0.3) is 16.9 Å². The van der Waals surface area contributed by atoms with Crippen LogP contribution in [0.15, 0.2) is 53.7 Å². The van der Waals surface area contributed by atoms with Crippen molar-refractivity contribution in [2.24, 2.45) is 4.99 Å². The molecule has 0 saturated carbocycles. The molecule has 2 aliphatic heterocycles. The molecule has 1 aromatic heterocycles. The third kappa shape index (κ3) is 2.71. The second kappa shape index (κ2) is 6.75. The normalized spacial score (nSPS) is 17.7. The van der Waals surface area contributed by atoms with Gasteiger partial charge in [0, 0.05) is 30.2 Å². The molecule has 0 bridgehead atoms. The summed E-state index contributed by atoms with van der Waals surface area (Å²) in [5, 5.41) is 0.584. The van der Waals surface area contributed by atoms with Gasteiger partial charge in [-0.3, -0.25) is 14.6 Å². The quantitative estimate of drug-likeness (QED) is 0.573. The molecule has 2 aromatic carbocycles. The van der Waals surface area contributed by atoms with E-state index in [0.29, 0.717) is 16.8 Å². The largest absolute Gasteiger partial charge is 0.407 e. The van der Waals surface area contributed by atoms with Gasteiger partial charge in [0.1, 0.15) is 23.4 Å². The zero-order valence-electron chi connectivity index (χ0n) is 17.0. The molecule has 0 aliphatic carbocycles. The molecule has 7 nitrogen and oxygen atoms in total. The molecule has 1 atom stereocenters. The van der Waals surface area contributed by atoms with Crippen LogP contribution in [0.3, 0.4) is 0 Å². The van der Waals surface area contributed by atoms with Gasteiger partial charge < -0.3 is 0 Å². The number of likely N-dealkylation sites (N-methyl/N-ethyl adjacent to an activating group) is 2. The summed E-state index contributed by atoms with van der Waals surface area (Å²) < 4.78 is 17.2. The maximum absolute atomic E-state index is 13.6. The van der Waals surface area contributed by atoms with Crippen molar-refractivity contribution < 1.29 is 18.5 Å². The molecule has 0 radical (unpaired) electrons. The van der Waals surface area contributed by atoms with Gasteiger partial charge in [0.2, 0.25) is 11.9 Å².